The number of amides is 1. The third-order valence-corrected chi connectivity index (χ3v) is 5.85. The molecule has 2 heterocycles. The van der Waals surface area contributed by atoms with Gasteiger partial charge in [0.15, 0.2) is 6.20 Å². The zero-order chi connectivity index (χ0) is 24.4. The van der Waals surface area contributed by atoms with Crippen molar-refractivity contribution in [3.63, 3.8) is 0 Å². The lowest BCUT2D eigenvalue weighted by Crippen LogP contribution is -2.23. The molecule has 0 unspecified atom stereocenters. The average Bonchev–Trinajstić information content (AvgIpc) is 2.89. The Balaban J connectivity index is 1.70. The summed E-state index contributed by atoms with van der Waals surface area (Å²) in [6.07, 6.45) is 1.71. The van der Waals surface area contributed by atoms with Gasteiger partial charge in [0.25, 0.3) is 5.91 Å². The van der Waals surface area contributed by atoms with Gasteiger partial charge < -0.3 is 19.6 Å². The van der Waals surface area contributed by atoms with Gasteiger partial charge in [-0.3, -0.25) is 4.79 Å². The Kier molecular flexibility index (Phi) is 5.99. The van der Waals surface area contributed by atoms with Crippen LogP contribution in [-0.2, 0) is 6.61 Å². The van der Waals surface area contributed by atoms with E-state index >= 15 is 0 Å². The van der Waals surface area contributed by atoms with Crippen LogP contribution < -0.4 is 20.6 Å². The lowest BCUT2D eigenvalue weighted by molar-refractivity contribution is -0.386. The molecule has 3 N–H and O–H groups in total. The molecule has 0 aliphatic rings. The van der Waals surface area contributed by atoms with Gasteiger partial charge in [-0.2, -0.15) is 0 Å². The molecule has 0 bridgehead atoms. The van der Waals surface area contributed by atoms with Gasteiger partial charge in [-0.25, -0.2) is 9.98 Å². The number of anilines is 1. The van der Waals surface area contributed by atoms with E-state index in [1.807, 2.05) is 61.5 Å². The maximum atomic E-state index is 13.6. The number of hydrogen-bond acceptors (Lipinski definition) is 5. The summed E-state index contributed by atoms with van der Waals surface area (Å²) < 4.78 is 11.5. The van der Waals surface area contributed by atoms with E-state index in [9.17, 15) is 9.90 Å². The number of ether oxygens (including phenoxy) is 1. The third kappa shape index (κ3) is 4.37. The number of H-pyrrole nitrogens is 1. The molecule has 0 radical (unpaired) electrons. The molecule has 0 saturated carbocycles. The summed E-state index contributed by atoms with van der Waals surface area (Å²) in [6.45, 7) is 1.65. The number of aliphatic hydroxyl groups excluding tert-OH is 1. The monoisotopic (exact) mass is 466 g/mol. The molecule has 0 aliphatic carbocycles. The smallest absolute Gasteiger partial charge is 0.261 e. The number of carbonyl (C=O) groups excluding carboxylic acids is 1. The minimum atomic E-state index is -0.372. The topological polar surface area (TPSA) is 98.2 Å². The molecular weight excluding hydrogens is 442 g/mol. The number of methoxy groups -OCH3 is 1. The predicted octanol–water partition coefficient (Wildman–Crippen LogP) is 4.69. The molecule has 0 atom stereocenters. The standard InChI is InChI=1S/C28H23N3O4/c1-17-26-23(19(16-32)15-29-17)14-24(28(35-26)30-20-9-6-10-21(13-20)34-2)27(33)31-25-12-5-8-18-7-3-4-11-22(18)25/h3-15,32H,16H2,1-2H3,(H,31,33)/p+1. The largest absolute Gasteiger partial charge is 0.497 e. The molecule has 7 heteroatoms. The second kappa shape index (κ2) is 9.40. The zero-order valence-electron chi connectivity index (χ0n) is 19.3. The van der Waals surface area contributed by atoms with Crippen molar-refractivity contribution in [1.29, 1.82) is 0 Å². The number of rotatable bonds is 5. The Hall–Kier alpha value is -4.49. The highest BCUT2D eigenvalue weighted by atomic mass is 16.5. The molecule has 174 valence electrons. The molecule has 1 amide bonds. The van der Waals surface area contributed by atoms with Crippen molar-refractivity contribution in [2.24, 2.45) is 4.99 Å². The van der Waals surface area contributed by atoms with Gasteiger partial charge in [0.2, 0.25) is 16.8 Å². The summed E-state index contributed by atoms with van der Waals surface area (Å²) >= 11 is 0. The van der Waals surface area contributed by atoms with E-state index in [0.717, 1.165) is 16.5 Å². The van der Waals surface area contributed by atoms with Gasteiger partial charge in [0.05, 0.1) is 25.0 Å². The van der Waals surface area contributed by atoms with E-state index in [0.29, 0.717) is 33.7 Å². The molecule has 0 spiro atoms. The van der Waals surface area contributed by atoms with E-state index in [4.69, 9.17) is 9.15 Å². The van der Waals surface area contributed by atoms with Crippen molar-refractivity contribution in [2.45, 2.75) is 13.5 Å². The lowest BCUT2D eigenvalue weighted by Gasteiger charge is -2.10. The van der Waals surface area contributed by atoms with Crippen molar-refractivity contribution in [3.05, 3.63) is 101 Å². The Bertz CT molecular complexity index is 1630. The number of hydrogen-bond donors (Lipinski definition) is 2. The van der Waals surface area contributed by atoms with Crippen LogP contribution >= 0.6 is 0 Å². The fourth-order valence-electron chi connectivity index (χ4n) is 4.03. The average molecular weight is 467 g/mol. The summed E-state index contributed by atoms with van der Waals surface area (Å²) in [4.78, 5) is 21.3. The van der Waals surface area contributed by atoms with Crippen LogP contribution in [-0.4, -0.2) is 18.1 Å². The molecule has 5 aromatic rings. The van der Waals surface area contributed by atoms with E-state index in [1.165, 1.54) is 0 Å². The summed E-state index contributed by atoms with van der Waals surface area (Å²) in [6, 6.07) is 22.5. The molecule has 0 aliphatic heterocycles. The molecule has 5 rings (SSSR count). The predicted molar refractivity (Wildman–Crippen MR) is 134 cm³/mol. The molecule has 7 nitrogen and oxygen atoms in total. The first-order valence-corrected chi connectivity index (χ1v) is 11.1. The van der Waals surface area contributed by atoms with Crippen molar-refractivity contribution in [1.82, 2.24) is 0 Å². The number of carbonyl (C=O) groups is 1. The highest BCUT2D eigenvalue weighted by Gasteiger charge is 2.19. The number of nitrogens with one attached hydrogen (secondary N) is 2. The SMILES string of the molecule is COc1cccc(N=c2oc3c(C)[nH+]cc(CO)c3cc2C(=O)Nc2cccc3ccccc23)c1. The van der Waals surface area contributed by atoms with Crippen molar-refractivity contribution in [2.75, 3.05) is 12.4 Å². The number of aromatic amines is 1. The first-order valence-electron chi connectivity index (χ1n) is 11.1. The van der Waals surface area contributed by atoms with E-state index in [2.05, 4.69) is 15.3 Å². The number of aromatic nitrogens is 1. The van der Waals surface area contributed by atoms with Crippen molar-refractivity contribution < 1.29 is 24.0 Å². The number of benzene rings is 3. The highest BCUT2D eigenvalue weighted by molar-refractivity contribution is 6.10. The number of nitrogens with zero attached hydrogens (tertiary/aromatic N) is 1. The zero-order valence-corrected chi connectivity index (χ0v) is 19.3. The van der Waals surface area contributed by atoms with Gasteiger partial charge >= 0.3 is 0 Å². The second-order valence-electron chi connectivity index (χ2n) is 8.10. The fourth-order valence-corrected chi connectivity index (χ4v) is 4.03. The van der Waals surface area contributed by atoms with Crippen LogP contribution in [0.3, 0.4) is 0 Å². The minimum absolute atomic E-state index is 0.148. The number of pyridine rings is 1. The summed E-state index contributed by atoms with van der Waals surface area (Å²) in [5.41, 5.74) is 3.53. The van der Waals surface area contributed by atoms with E-state index in [1.54, 1.807) is 31.5 Å². The van der Waals surface area contributed by atoms with E-state index in [-0.39, 0.29) is 23.6 Å². The Morgan fingerprint density at radius 1 is 1.06 bits per heavy atom. The van der Waals surface area contributed by atoms with Crippen LogP contribution in [0.25, 0.3) is 21.7 Å². The van der Waals surface area contributed by atoms with Crippen LogP contribution in [0.1, 0.15) is 21.6 Å². The van der Waals surface area contributed by atoms with Gasteiger partial charge in [-0.15, -0.1) is 0 Å². The van der Waals surface area contributed by atoms with Crippen LogP contribution in [0.5, 0.6) is 5.75 Å². The molecule has 35 heavy (non-hydrogen) atoms. The van der Waals surface area contributed by atoms with Gasteiger partial charge in [0, 0.05) is 29.4 Å². The minimum Gasteiger partial charge on any atom is -0.497 e. The highest BCUT2D eigenvalue weighted by Crippen LogP contribution is 2.25. The summed E-state index contributed by atoms with van der Waals surface area (Å²) in [5.74, 6) is 0.268. The quantitative estimate of drug-likeness (QED) is 0.392. The first-order chi connectivity index (χ1) is 17.1. The first kappa shape index (κ1) is 22.3. The number of aryl methyl sites for hydroxylation is 1. The summed E-state index contributed by atoms with van der Waals surface area (Å²) in [7, 11) is 1.58. The van der Waals surface area contributed by atoms with Gasteiger partial charge in [-0.1, -0.05) is 42.5 Å². The Morgan fingerprint density at radius 3 is 2.69 bits per heavy atom. The maximum absolute atomic E-state index is 13.6. The van der Waals surface area contributed by atoms with Gasteiger partial charge in [0.1, 0.15) is 11.3 Å². The Morgan fingerprint density at radius 2 is 1.86 bits per heavy atom. The Labute approximate surface area is 201 Å². The number of fused-ring (bicyclic) bond motifs is 2. The van der Waals surface area contributed by atoms with Crippen LogP contribution in [0, 0.1) is 6.92 Å². The molecular formula is C28H24N3O4+. The molecule has 2 aromatic heterocycles. The molecule has 3 aromatic carbocycles. The lowest BCUT2D eigenvalue weighted by atomic mass is 10.1. The van der Waals surface area contributed by atoms with Crippen LogP contribution in [0.4, 0.5) is 11.4 Å². The molecule has 0 saturated heterocycles. The maximum Gasteiger partial charge on any atom is 0.261 e. The van der Waals surface area contributed by atoms with Crippen molar-refractivity contribution >= 4 is 39.0 Å². The molecule has 0 fully saturated rings. The number of aliphatic hydroxyl groups is 1. The fraction of sp³-hybridized carbons (Fsp3) is 0.107. The normalized spacial score (nSPS) is 11.7. The summed E-state index contributed by atoms with van der Waals surface area (Å²) in [5, 5.41) is 15.5. The van der Waals surface area contributed by atoms with E-state index < -0.39 is 0 Å². The van der Waals surface area contributed by atoms with Gasteiger partial charge in [-0.05, 0) is 29.7 Å². The van der Waals surface area contributed by atoms with Crippen LogP contribution in [0.2, 0.25) is 0 Å². The second-order valence-corrected chi connectivity index (χ2v) is 8.10. The third-order valence-electron chi connectivity index (χ3n) is 5.85. The van der Waals surface area contributed by atoms with Crippen molar-refractivity contribution in [3.8, 4) is 5.75 Å². The van der Waals surface area contributed by atoms with Crippen LogP contribution in [0.15, 0.2) is 88.4 Å².